The molecule has 1 aliphatic rings. The predicted octanol–water partition coefficient (Wildman–Crippen LogP) is 0.836. The third kappa shape index (κ3) is 0.876. The van der Waals surface area contributed by atoms with E-state index >= 15 is 0 Å². The molecule has 0 amide bonds. The van der Waals surface area contributed by atoms with E-state index in [9.17, 15) is 4.39 Å². The van der Waals surface area contributed by atoms with Gasteiger partial charge in [-0.2, -0.15) is 5.10 Å². The van der Waals surface area contributed by atoms with Gasteiger partial charge in [-0.15, -0.1) is 0 Å². The highest BCUT2D eigenvalue weighted by Gasteiger charge is 2.28. The molecule has 2 rings (SSSR count). The monoisotopic (exact) mass is 169 g/mol. The van der Waals surface area contributed by atoms with E-state index in [4.69, 9.17) is 5.73 Å². The Morgan fingerprint density at radius 2 is 2.50 bits per heavy atom. The van der Waals surface area contributed by atoms with Gasteiger partial charge in [-0.3, -0.25) is 4.68 Å². The van der Waals surface area contributed by atoms with Gasteiger partial charge in [0.15, 0.2) is 0 Å². The van der Waals surface area contributed by atoms with Gasteiger partial charge in [-0.1, -0.05) is 0 Å². The second kappa shape index (κ2) is 2.55. The molecule has 0 radical (unpaired) electrons. The maximum Gasteiger partial charge on any atom is 0.129 e. The van der Waals surface area contributed by atoms with Crippen LogP contribution >= 0.6 is 0 Å². The summed E-state index contributed by atoms with van der Waals surface area (Å²) in [7, 11) is 1.84. The minimum absolute atomic E-state index is 0.337. The van der Waals surface area contributed by atoms with Crippen LogP contribution in [0.15, 0.2) is 0 Å². The van der Waals surface area contributed by atoms with E-state index in [1.54, 1.807) is 4.68 Å². The summed E-state index contributed by atoms with van der Waals surface area (Å²) in [6.07, 6.45) is 0.542. The van der Waals surface area contributed by atoms with Crippen LogP contribution in [0.2, 0.25) is 0 Å². The molecule has 0 spiro atoms. The fourth-order valence-electron chi connectivity index (χ4n) is 1.85. The van der Waals surface area contributed by atoms with Gasteiger partial charge in [0.05, 0.1) is 5.69 Å². The molecule has 0 aromatic carbocycles. The Balaban J connectivity index is 2.54. The lowest BCUT2D eigenvalue weighted by Crippen LogP contribution is -2.02. The Kier molecular flexibility index (Phi) is 1.65. The zero-order chi connectivity index (χ0) is 8.72. The van der Waals surface area contributed by atoms with E-state index in [1.807, 2.05) is 7.05 Å². The van der Waals surface area contributed by atoms with Crippen molar-refractivity contribution in [2.75, 3.05) is 0 Å². The van der Waals surface area contributed by atoms with E-state index < -0.39 is 6.17 Å². The maximum absolute atomic E-state index is 13.3. The number of nitrogens with two attached hydrogens (primary N) is 1. The lowest BCUT2D eigenvalue weighted by atomic mass is 10.2. The summed E-state index contributed by atoms with van der Waals surface area (Å²) in [5, 5.41) is 4.15. The van der Waals surface area contributed by atoms with Crippen LogP contribution in [0.3, 0.4) is 0 Å². The molecule has 4 heteroatoms. The highest BCUT2D eigenvalue weighted by molar-refractivity contribution is 5.32. The number of aryl methyl sites for hydroxylation is 1. The maximum atomic E-state index is 13.3. The lowest BCUT2D eigenvalue weighted by molar-refractivity contribution is 0.341. The molecular weight excluding hydrogens is 157 g/mol. The van der Waals surface area contributed by atoms with E-state index in [0.717, 1.165) is 23.4 Å². The minimum Gasteiger partial charge on any atom is -0.325 e. The normalized spacial score (nSPS) is 21.4. The molecule has 12 heavy (non-hydrogen) atoms. The standard InChI is InChI=1S/C8H12FN3/c1-12-7-3-2-5(9)8(7)6(4-10)11-12/h5H,2-4,10H2,1H3. The smallest absolute Gasteiger partial charge is 0.129 e. The van der Waals surface area contributed by atoms with Crippen LogP contribution in [-0.4, -0.2) is 9.78 Å². The van der Waals surface area contributed by atoms with Crippen LogP contribution in [-0.2, 0) is 20.0 Å². The molecule has 3 nitrogen and oxygen atoms in total. The van der Waals surface area contributed by atoms with Gasteiger partial charge in [0.2, 0.25) is 0 Å². The van der Waals surface area contributed by atoms with Gasteiger partial charge in [-0.05, 0) is 12.8 Å². The van der Waals surface area contributed by atoms with Crippen LogP contribution in [0.1, 0.15) is 29.5 Å². The first kappa shape index (κ1) is 7.73. The summed E-state index contributed by atoms with van der Waals surface area (Å²) in [4.78, 5) is 0. The second-order valence-corrected chi connectivity index (χ2v) is 3.14. The number of fused-ring (bicyclic) bond motifs is 1. The summed E-state index contributed by atoms with van der Waals surface area (Å²) < 4.78 is 15.0. The number of nitrogens with zero attached hydrogens (tertiary/aromatic N) is 2. The van der Waals surface area contributed by atoms with Crippen LogP contribution in [0.4, 0.5) is 4.39 Å². The van der Waals surface area contributed by atoms with Crippen molar-refractivity contribution in [1.29, 1.82) is 0 Å². The summed E-state index contributed by atoms with van der Waals surface area (Å²) in [6.45, 7) is 0.337. The molecule has 1 aromatic rings. The van der Waals surface area contributed by atoms with Crippen molar-refractivity contribution in [2.24, 2.45) is 12.8 Å². The van der Waals surface area contributed by atoms with Gasteiger partial charge in [0.1, 0.15) is 6.17 Å². The van der Waals surface area contributed by atoms with Gasteiger partial charge >= 0.3 is 0 Å². The highest BCUT2D eigenvalue weighted by Crippen LogP contribution is 2.35. The van der Waals surface area contributed by atoms with E-state index in [-0.39, 0.29) is 0 Å². The zero-order valence-corrected chi connectivity index (χ0v) is 7.05. The average molecular weight is 169 g/mol. The van der Waals surface area contributed by atoms with Crippen molar-refractivity contribution in [1.82, 2.24) is 9.78 Å². The first-order chi connectivity index (χ1) is 5.74. The lowest BCUT2D eigenvalue weighted by Gasteiger charge is -1.98. The Morgan fingerprint density at radius 3 is 3.17 bits per heavy atom. The van der Waals surface area contributed by atoms with E-state index in [1.165, 1.54) is 0 Å². The van der Waals surface area contributed by atoms with Crippen molar-refractivity contribution in [2.45, 2.75) is 25.6 Å². The molecule has 1 unspecified atom stereocenters. The molecule has 1 aromatic heterocycles. The average Bonchev–Trinajstić information content (AvgIpc) is 2.56. The summed E-state index contributed by atoms with van der Waals surface area (Å²) in [5.74, 6) is 0. The fraction of sp³-hybridized carbons (Fsp3) is 0.625. The van der Waals surface area contributed by atoms with Gasteiger partial charge in [0.25, 0.3) is 0 Å². The number of hydrogen-bond donors (Lipinski definition) is 1. The highest BCUT2D eigenvalue weighted by atomic mass is 19.1. The van der Waals surface area contributed by atoms with Crippen molar-refractivity contribution in [3.63, 3.8) is 0 Å². The topological polar surface area (TPSA) is 43.8 Å². The van der Waals surface area contributed by atoms with Crippen LogP contribution in [0, 0.1) is 0 Å². The Hall–Kier alpha value is -0.900. The molecule has 0 saturated carbocycles. The number of aromatic nitrogens is 2. The van der Waals surface area contributed by atoms with Crippen LogP contribution in [0.25, 0.3) is 0 Å². The van der Waals surface area contributed by atoms with E-state index in [0.29, 0.717) is 13.0 Å². The molecule has 0 bridgehead atoms. The van der Waals surface area contributed by atoms with Crippen molar-refractivity contribution >= 4 is 0 Å². The quantitative estimate of drug-likeness (QED) is 0.676. The predicted molar refractivity (Wildman–Crippen MR) is 43.3 cm³/mol. The Labute approximate surface area is 70.4 Å². The summed E-state index contributed by atoms with van der Waals surface area (Å²) in [5.41, 5.74) is 7.94. The van der Waals surface area contributed by atoms with Crippen molar-refractivity contribution < 1.29 is 4.39 Å². The van der Waals surface area contributed by atoms with Gasteiger partial charge in [0, 0.05) is 24.8 Å². The van der Waals surface area contributed by atoms with Crippen molar-refractivity contribution in [3.8, 4) is 0 Å². The zero-order valence-electron chi connectivity index (χ0n) is 7.05. The number of rotatable bonds is 1. The summed E-state index contributed by atoms with van der Waals surface area (Å²) in [6, 6.07) is 0. The van der Waals surface area contributed by atoms with Gasteiger partial charge in [-0.25, -0.2) is 4.39 Å². The third-order valence-corrected chi connectivity index (χ3v) is 2.42. The van der Waals surface area contributed by atoms with Crippen LogP contribution < -0.4 is 5.73 Å². The fourth-order valence-corrected chi connectivity index (χ4v) is 1.85. The second-order valence-electron chi connectivity index (χ2n) is 3.14. The molecule has 66 valence electrons. The number of alkyl halides is 1. The molecule has 0 fully saturated rings. The molecule has 1 atom stereocenters. The molecule has 2 N–H and O–H groups in total. The molecule has 1 heterocycles. The van der Waals surface area contributed by atoms with E-state index in [2.05, 4.69) is 5.10 Å². The van der Waals surface area contributed by atoms with Crippen LogP contribution in [0.5, 0.6) is 0 Å². The SMILES string of the molecule is Cn1nc(CN)c2c1CCC2F. The minimum atomic E-state index is -0.841. The Morgan fingerprint density at radius 1 is 1.75 bits per heavy atom. The summed E-state index contributed by atoms with van der Waals surface area (Å²) >= 11 is 0. The molecule has 0 saturated heterocycles. The number of halogens is 1. The Bertz CT molecular complexity index is 305. The third-order valence-electron chi connectivity index (χ3n) is 2.42. The molecule has 1 aliphatic carbocycles. The largest absolute Gasteiger partial charge is 0.325 e. The number of hydrogen-bond acceptors (Lipinski definition) is 2. The molecule has 0 aliphatic heterocycles. The van der Waals surface area contributed by atoms with Gasteiger partial charge < -0.3 is 5.73 Å². The molecular formula is C8H12FN3. The first-order valence-electron chi connectivity index (χ1n) is 4.12. The van der Waals surface area contributed by atoms with Crippen molar-refractivity contribution in [3.05, 3.63) is 17.0 Å². The first-order valence-corrected chi connectivity index (χ1v) is 4.12.